The molecule has 0 aromatic heterocycles. The third-order valence-corrected chi connectivity index (χ3v) is 4.71. The number of carbonyl (C=O) groups excluding carboxylic acids is 2. The summed E-state index contributed by atoms with van der Waals surface area (Å²) in [5.74, 6) is -0.287. The number of unbranched alkanes of at least 4 members (excludes halogenated alkanes) is 7. The smallest absolute Gasteiger partial charge is 0.261 e. The van der Waals surface area contributed by atoms with Crippen LogP contribution in [0.5, 0.6) is 0 Å². The highest BCUT2D eigenvalue weighted by Crippen LogP contribution is 2.27. The van der Waals surface area contributed by atoms with E-state index in [0.717, 1.165) is 12.8 Å². The Morgan fingerprint density at radius 1 is 1.04 bits per heavy atom. The van der Waals surface area contributed by atoms with Crippen LogP contribution in [0.3, 0.4) is 0 Å². The van der Waals surface area contributed by atoms with Crippen LogP contribution in [0, 0.1) is 5.92 Å². The van der Waals surface area contributed by atoms with Gasteiger partial charge in [-0.2, -0.15) is 0 Å². The molecule has 24 heavy (non-hydrogen) atoms. The molecular weight excluding hydrogens is 302 g/mol. The van der Waals surface area contributed by atoms with Crippen molar-refractivity contribution in [2.75, 3.05) is 6.54 Å². The van der Waals surface area contributed by atoms with Gasteiger partial charge in [-0.15, -0.1) is 0 Å². The molecule has 0 bridgehead atoms. The van der Waals surface area contributed by atoms with Crippen LogP contribution in [-0.2, 0) is 9.59 Å². The molecular formula is C20H35NO3. The lowest BCUT2D eigenvalue weighted by Gasteiger charge is -2.24. The highest BCUT2D eigenvalue weighted by Gasteiger charge is 2.44. The maximum atomic E-state index is 12.5. The molecule has 0 saturated carbocycles. The van der Waals surface area contributed by atoms with E-state index in [1.807, 2.05) is 0 Å². The molecule has 1 aliphatic rings. The van der Waals surface area contributed by atoms with Crippen LogP contribution in [0.2, 0.25) is 0 Å². The lowest BCUT2D eigenvalue weighted by molar-refractivity contribution is -0.127. The molecule has 0 spiro atoms. The highest BCUT2D eigenvalue weighted by molar-refractivity contribution is 6.26. The first kappa shape index (κ1) is 20.7. The minimum absolute atomic E-state index is 0.000200. The summed E-state index contributed by atoms with van der Waals surface area (Å²) in [6, 6.07) is -0.390. The second kappa shape index (κ2) is 10.5. The van der Waals surface area contributed by atoms with Crippen molar-refractivity contribution in [1.82, 2.24) is 4.90 Å². The number of nitrogens with zero attached hydrogens (tertiary/aromatic N) is 1. The van der Waals surface area contributed by atoms with Crippen molar-refractivity contribution in [3.05, 3.63) is 11.3 Å². The predicted molar refractivity (Wildman–Crippen MR) is 97.9 cm³/mol. The van der Waals surface area contributed by atoms with Gasteiger partial charge in [0.1, 0.15) is 11.3 Å². The Labute approximate surface area is 147 Å². The summed E-state index contributed by atoms with van der Waals surface area (Å²) < 4.78 is 0. The van der Waals surface area contributed by atoms with Gasteiger partial charge < -0.3 is 10.0 Å². The van der Waals surface area contributed by atoms with E-state index in [0.29, 0.717) is 18.9 Å². The zero-order chi connectivity index (χ0) is 18.1. The van der Waals surface area contributed by atoms with Crippen molar-refractivity contribution in [2.24, 2.45) is 5.92 Å². The summed E-state index contributed by atoms with van der Waals surface area (Å²) in [7, 11) is 0. The fourth-order valence-corrected chi connectivity index (χ4v) is 3.39. The number of Topliss-reactive ketones (excluding diaryl/α,β-unsaturated/α-hetero) is 1. The SMILES string of the molecule is CCCCCCCCCCN1C(=O)C(=C(C)O)C(=O)C1CC(C)C. The Hall–Kier alpha value is -1.32. The number of aliphatic hydroxyl groups excluding tert-OH is 1. The average molecular weight is 338 g/mol. The van der Waals surface area contributed by atoms with Gasteiger partial charge in [0.2, 0.25) is 0 Å². The van der Waals surface area contributed by atoms with Crippen LogP contribution in [0.1, 0.15) is 85.5 Å². The molecule has 0 aliphatic carbocycles. The highest BCUT2D eigenvalue weighted by atomic mass is 16.3. The summed E-state index contributed by atoms with van der Waals surface area (Å²) in [5.41, 5.74) is 0.000200. The van der Waals surface area contributed by atoms with Gasteiger partial charge in [-0.05, 0) is 25.7 Å². The van der Waals surface area contributed by atoms with Gasteiger partial charge in [0.15, 0.2) is 5.78 Å². The zero-order valence-electron chi connectivity index (χ0n) is 15.9. The number of allylic oxidation sites excluding steroid dienone is 1. The van der Waals surface area contributed by atoms with Crippen molar-refractivity contribution in [1.29, 1.82) is 0 Å². The number of likely N-dealkylation sites (tertiary alicyclic amines) is 1. The first-order valence-corrected chi connectivity index (χ1v) is 9.65. The Balaban J connectivity index is 2.50. The molecule has 1 heterocycles. The third kappa shape index (κ3) is 5.95. The molecule has 1 fully saturated rings. The van der Waals surface area contributed by atoms with Gasteiger partial charge in [-0.1, -0.05) is 65.7 Å². The predicted octanol–water partition coefficient (Wildman–Crippen LogP) is 4.79. The molecule has 1 aliphatic heterocycles. The minimum Gasteiger partial charge on any atom is -0.512 e. The molecule has 1 N–H and O–H groups in total. The van der Waals surface area contributed by atoms with E-state index < -0.39 is 0 Å². The molecule has 4 nitrogen and oxygen atoms in total. The minimum atomic E-state index is -0.390. The van der Waals surface area contributed by atoms with Gasteiger partial charge in [-0.3, -0.25) is 9.59 Å². The molecule has 0 aromatic rings. The molecule has 1 unspecified atom stereocenters. The molecule has 4 heteroatoms. The number of carbonyl (C=O) groups is 2. The fraction of sp³-hybridized carbons (Fsp3) is 0.800. The molecule has 1 saturated heterocycles. The van der Waals surface area contributed by atoms with E-state index in [4.69, 9.17) is 0 Å². The van der Waals surface area contributed by atoms with Crippen molar-refractivity contribution >= 4 is 11.7 Å². The lowest BCUT2D eigenvalue weighted by Crippen LogP contribution is -2.37. The van der Waals surface area contributed by atoms with Crippen LogP contribution in [-0.4, -0.2) is 34.3 Å². The molecule has 1 rings (SSSR count). The first-order chi connectivity index (χ1) is 11.4. The van der Waals surface area contributed by atoms with Crippen molar-refractivity contribution in [3.63, 3.8) is 0 Å². The third-order valence-electron chi connectivity index (χ3n) is 4.71. The average Bonchev–Trinajstić information content (AvgIpc) is 2.73. The Bertz CT molecular complexity index is 450. The van der Waals surface area contributed by atoms with Gasteiger partial charge >= 0.3 is 0 Å². The Morgan fingerprint density at radius 3 is 2.08 bits per heavy atom. The summed E-state index contributed by atoms with van der Waals surface area (Å²) in [4.78, 5) is 26.6. The van der Waals surface area contributed by atoms with Crippen LogP contribution in [0.15, 0.2) is 11.3 Å². The normalized spacial score (nSPS) is 20.4. The van der Waals surface area contributed by atoms with E-state index in [9.17, 15) is 14.7 Å². The molecule has 0 aromatic carbocycles. The van der Waals surface area contributed by atoms with Crippen molar-refractivity contribution in [3.8, 4) is 0 Å². The number of hydrogen-bond donors (Lipinski definition) is 1. The van der Waals surface area contributed by atoms with E-state index >= 15 is 0 Å². The Kier molecular flexibility index (Phi) is 9.09. The molecule has 1 atom stereocenters. The summed E-state index contributed by atoms with van der Waals surface area (Å²) in [6.07, 6.45) is 10.3. The molecule has 1 amide bonds. The fourth-order valence-electron chi connectivity index (χ4n) is 3.39. The summed E-state index contributed by atoms with van der Waals surface area (Å²) >= 11 is 0. The quantitative estimate of drug-likeness (QED) is 0.255. The van der Waals surface area contributed by atoms with Gasteiger partial charge in [0.05, 0.1) is 6.04 Å². The maximum Gasteiger partial charge on any atom is 0.261 e. The summed E-state index contributed by atoms with van der Waals surface area (Å²) in [6.45, 7) is 8.38. The number of rotatable bonds is 11. The molecule has 138 valence electrons. The second-order valence-electron chi connectivity index (χ2n) is 7.44. The van der Waals surface area contributed by atoms with E-state index in [1.165, 1.54) is 45.4 Å². The number of ketones is 1. The van der Waals surface area contributed by atoms with Gasteiger partial charge in [-0.25, -0.2) is 0 Å². The van der Waals surface area contributed by atoms with Crippen molar-refractivity contribution in [2.45, 2.75) is 91.5 Å². The van der Waals surface area contributed by atoms with Crippen LogP contribution in [0.4, 0.5) is 0 Å². The first-order valence-electron chi connectivity index (χ1n) is 9.65. The summed E-state index contributed by atoms with van der Waals surface area (Å²) in [5, 5.41) is 9.69. The van der Waals surface area contributed by atoms with E-state index in [-0.39, 0.29) is 29.1 Å². The standard InChI is InChI=1S/C20H35NO3/c1-5-6-7-8-9-10-11-12-13-21-17(14-15(2)3)19(23)18(16(4)22)20(21)24/h15,17,22H,5-14H2,1-4H3. The van der Waals surface area contributed by atoms with Crippen LogP contribution < -0.4 is 0 Å². The zero-order valence-corrected chi connectivity index (χ0v) is 15.9. The molecule has 0 radical (unpaired) electrons. The lowest BCUT2D eigenvalue weighted by atomic mass is 9.99. The van der Waals surface area contributed by atoms with Crippen molar-refractivity contribution < 1.29 is 14.7 Å². The number of amides is 1. The number of aliphatic hydroxyl groups is 1. The van der Waals surface area contributed by atoms with E-state index in [2.05, 4.69) is 20.8 Å². The van der Waals surface area contributed by atoms with Crippen LogP contribution >= 0.6 is 0 Å². The Morgan fingerprint density at radius 2 is 1.58 bits per heavy atom. The topological polar surface area (TPSA) is 57.6 Å². The van der Waals surface area contributed by atoms with Crippen LogP contribution in [0.25, 0.3) is 0 Å². The monoisotopic (exact) mass is 337 g/mol. The largest absolute Gasteiger partial charge is 0.512 e. The number of hydrogen-bond acceptors (Lipinski definition) is 3. The van der Waals surface area contributed by atoms with Gasteiger partial charge in [0.25, 0.3) is 5.91 Å². The second-order valence-corrected chi connectivity index (χ2v) is 7.44. The maximum absolute atomic E-state index is 12.5. The van der Waals surface area contributed by atoms with E-state index in [1.54, 1.807) is 4.90 Å². The van der Waals surface area contributed by atoms with Gasteiger partial charge in [0, 0.05) is 6.54 Å².